The molecule has 1 aliphatic carbocycles. The number of halogens is 1. The summed E-state index contributed by atoms with van der Waals surface area (Å²) in [6, 6.07) is 11.8. The largest absolute Gasteiger partial charge is 0.512 e. The van der Waals surface area contributed by atoms with Gasteiger partial charge in [0.2, 0.25) is 0 Å². The van der Waals surface area contributed by atoms with E-state index in [0.29, 0.717) is 6.54 Å². The highest BCUT2D eigenvalue weighted by Crippen LogP contribution is 2.36. The van der Waals surface area contributed by atoms with E-state index < -0.39 is 5.92 Å². The Bertz CT molecular complexity index is 768. The van der Waals surface area contributed by atoms with Crippen LogP contribution >= 0.6 is 17.0 Å². The zero-order chi connectivity index (χ0) is 15.0. The van der Waals surface area contributed by atoms with Gasteiger partial charge in [-0.1, -0.05) is 36.4 Å². The van der Waals surface area contributed by atoms with Crippen LogP contribution in [0.4, 0.5) is 0 Å². The van der Waals surface area contributed by atoms with Crippen molar-refractivity contribution in [1.82, 2.24) is 0 Å². The lowest BCUT2D eigenvalue weighted by Gasteiger charge is -2.22. The average molecular weight is 364 g/mol. The smallest absolute Gasteiger partial charge is 0.157 e. The molecule has 1 aliphatic rings. The Balaban J connectivity index is 0.00000176. The van der Waals surface area contributed by atoms with Crippen molar-refractivity contribution in [2.24, 2.45) is 5.73 Å². The molecule has 0 aromatic heterocycles. The van der Waals surface area contributed by atoms with Gasteiger partial charge in [0.1, 0.15) is 5.76 Å². The molecule has 3 rings (SSSR count). The van der Waals surface area contributed by atoms with Crippen LogP contribution in [0.3, 0.4) is 0 Å². The first-order chi connectivity index (χ1) is 10.1. The fourth-order valence-corrected chi connectivity index (χ4v) is 2.84. The summed E-state index contributed by atoms with van der Waals surface area (Å²) in [6.45, 7) is 0.388. The summed E-state index contributed by atoms with van der Waals surface area (Å²) in [7, 11) is 0. The van der Waals surface area contributed by atoms with Crippen molar-refractivity contribution in [3.8, 4) is 0 Å². The van der Waals surface area contributed by atoms with Gasteiger partial charge in [0.05, 0.1) is 11.7 Å². The molecule has 2 aromatic carbocycles. The first-order valence-electron chi connectivity index (χ1n) is 6.83. The van der Waals surface area contributed by atoms with E-state index >= 15 is 0 Å². The van der Waals surface area contributed by atoms with Crippen molar-refractivity contribution in [3.63, 3.8) is 0 Å². The number of aliphatic hydroxyl groups is 3. The van der Waals surface area contributed by atoms with Crippen molar-refractivity contribution in [2.75, 3.05) is 0 Å². The number of hydrogen-bond acceptors (Lipinski definition) is 4. The Hall–Kier alpha value is -1.98. The first-order valence-corrected chi connectivity index (χ1v) is 6.83. The third-order valence-corrected chi connectivity index (χ3v) is 3.90. The monoisotopic (exact) mass is 363 g/mol. The van der Waals surface area contributed by atoms with Gasteiger partial charge in [-0.05, 0) is 21.9 Å². The fraction of sp³-hybridized carbons (Fsp3) is 0.176. The van der Waals surface area contributed by atoms with Gasteiger partial charge in [0, 0.05) is 19.0 Å². The molecule has 0 radical (unpaired) electrons. The molecule has 0 fully saturated rings. The van der Waals surface area contributed by atoms with Crippen molar-refractivity contribution >= 4 is 27.8 Å². The molecule has 5 heteroatoms. The van der Waals surface area contributed by atoms with Crippen LogP contribution in [0.5, 0.6) is 0 Å². The van der Waals surface area contributed by atoms with Crippen LogP contribution in [-0.2, 0) is 6.54 Å². The third-order valence-electron chi connectivity index (χ3n) is 3.90. The molecule has 0 amide bonds. The van der Waals surface area contributed by atoms with E-state index in [-0.39, 0.29) is 40.7 Å². The molecule has 0 bridgehead atoms. The van der Waals surface area contributed by atoms with Crippen LogP contribution in [0.15, 0.2) is 59.8 Å². The van der Waals surface area contributed by atoms with Crippen molar-refractivity contribution in [2.45, 2.75) is 18.9 Å². The van der Waals surface area contributed by atoms with Crippen LogP contribution in [0.25, 0.3) is 10.8 Å². The lowest BCUT2D eigenvalue weighted by Crippen LogP contribution is -2.11. The van der Waals surface area contributed by atoms with E-state index in [2.05, 4.69) is 0 Å². The molecule has 0 aliphatic heterocycles. The van der Waals surface area contributed by atoms with Crippen molar-refractivity contribution in [3.05, 3.63) is 70.9 Å². The highest BCUT2D eigenvalue weighted by Gasteiger charge is 2.26. The predicted molar refractivity (Wildman–Crippen MR) is 92.5 cm³/mol. The number of hydrogen-bond donors (Lipinski definition) is 4. The van der Waals surface area contributed by atoms with Gasteiger partial charge in [-0.15, -0.1) is 17.0 Å². The average Bonchev–Trinajstić information content (AvgIpc) is 2.49. The van der Waals surface area contributed by atoms with Gasteiger partial charge in [-0.2, -0.15) is 0 Å². The van der Waals surface area contributed by atoms with Gasteiger partial charge in [-0.25, -0.2) is 0 Å². The zero-order valence-electron chi connectivity index (χ0n) is 11.9. The molecule has 1 unspecified atom stereocenters. The second-order valence-electron chi connectivity index (χ2n) is 5.27. The summed E-state index contributed by atoms with van der Waals surface area (Å²) in [6.07, 6.45) is 1.44. The molecular formula is C17H18BrNO3. The van der Waals surface area contributed by atoms with E-state index in [1.54, 1.807) is 0 Å². The molecule has 116 valence electrons. The van der Waals surface area contributed by atoms with Gasteiger partial charge >= 0.3 is 0 Å². The van der Waals surface area contributed by atoms with Gasteiger partial charge in [-0.3, -0.25) is 0 Å². The number of benzene rings is 2. The lowest BCUT2D eigenvalue weighted by atomic mass is 9.86. The Morgan fingerprint density at radius 1 is 1.09 bits per heavy atom. The summed E-state index contributed by atoms with van der Waals surface area (Å²) in [5, 5.41) is 31.6. The van der Waals surface area contributed by atoms with Crippen LogP contribution in [0.1, 0.15) is 23.5 Å². The Kier molecular flexibility index (Phi) is 4.78. The molecule has 2 aromatic rings. The Morgan fingerprint density at radius 3 is 2.55 bits per heavy atom. The Morgan fingerprint density at radius 2 is 1.82 bits per heavy atom. The molecule has 0 spiro atoms. The fourth-order valence-electron chi connectivity index (χ4n) is 2.84. The zero-order valence-corrected chi connectivity index (χ0v) is 13.6. The van der Waals surface area contributed by atoms with Crippen molar-refractivity contribution in [1.29, 1.82) is 0 Å². The normalized spacial score (nSPS) is 18.0. The molecule has 0 saturated carbocycles. The second-order valence-corrected chi connectivity index (χ2v) is 5.27. The van der Waals surface area contributed by atoms with Crippen LogP contribution in [0, 0.1) is 0 Å². The number of rotatable bonds is 2. The van der Waals surface area contributed by atoms with Crippen molar-refractivity contribution < 1.29 is 15.3 Å². The summed E-state index contributed by atoms with van der Waals surface area (Å²) >= 11 is 0. The van der Waals surface area contributed by atoms with Gasteiger partial charge < -0.3 is 21.1 Å². The standard InChI is InChI=1S/C17H17NO3.BrH/c18-9-12-6-11(5-10-3-1-2-4-14(10)12)15-7-13(19)8-16(20)17(15)21;/h1-6,8,15,19-21H,7,9,18H2;1H. The number of allylic oxidation sites excluding steroid dienone is 3. The second kappa shape index (κ2) is 6.42. The molecule has 5 N–H and O–H groups in total. The summed E-state index contributed by atoms with van der Waals surface area (Å²) in [4.78, 5) is 0. The minimum absolute atomic E-state index is 0. The summed E-state index contributed by atoms with van der Waals surface area (Å²) in [5.74, 6) is -0.806. The molecule has 1 atom stereocenters. The summed E-state index contributed by atoms with van der Waals surface area (Å²) in [5.41, 5.74) is 7.63. The van der Waals surface area contributed by atoms with Gasteiger partial charge in [0.15, 0.2) is 5.76 Å². The number of aliphatic hydroxyl groups excluding tert-OH is 3. The molecule has 0 saturated heterocycles. The Labute approximate surface area is 139 Å². The van der Waals surface area contributed by atoms with Crippen LogP contribution in [0.2, 0.25) is 0 Å². The van der Waals surface area contributed by atoms with Crippen LogP contribution in [-0.4, -0.2) is 15.3 Å². The minimum atomic E-state index is -0.454. The van der Waals surface area contributed by atoms with Crippen LogP contribution < -0.4 is 5.73 Å². The highest BCUT2D eigenvalue weighted by molar-refractivity contribution is 8.93. The summed E-state index contributed by atoms with van der Waals surface area (Å²) < 4.78 is 0. The topological polar surface area (TPSA) is 86.7 Å². The third kappa shape index (κ3) is 2.82. The maximum Gasteiger partial charge on any atom is 0.157 e. The lowest BCUT2D eigenvalue weighted by molar-refractivity contribution is 0.275. The van der Waals surface area contributed by atoms with E-state index in [9.17, 15) is 15.3 Å². The van der Waals surface area contributed by atoms with E-state index in [4.69, 9.17) is 5.73 Å². The van der Waals surface area contributed by atoms with E-state index in [1.165, 1.54) is 6.08 Å². The van der Waals surface area contributed by atoms with Gasteiger partial charge in [0.25, 0.3) is 0 Å². The SMILES string of the molecule is Br.NCc1cc(C2CC(O)=CC(O)=C2O)cc2ccccc12. The predicted octanol–water partition coefficient (Wildman–Crippen LogP) is 4.13. The number of fused-ring (bicyclic) bond motifs is 1. The maximum atomic E-state index is 10.1. The maximum absolute atomic E-state index is 10.1. The first kappa shape index (κ1) is 16.4. The molecule has 22 heavy (non-hydrogen) atoms. The number of nitrogens with two attached hydrogens (primary N) is 1. The van der Waals surface area contributed by atoms with E-state index in [0.717, 1.165) is 21.9 Å². The quantitative estimate of drug-likeness (QED) is 0.645. The van der Waals surface area contributed by atoms with E-state index in [1.807, 2.05) is 36.4 Å². The molecular weight excluding hydrogens is 346 g/mol. The minimum Gasteiger partial charge on any atom is -0.512 e. The molecule has 4 nitrogen and oxygen atoms in total. The highest BCUT2D eigenvalue weighted by atomic mass is 79.9. The molecule has 0 heterocycles.